The zero-order valence-corrected chi connectivity index (χ0v) is 8.79. The molecular weight excluding hydrogens is 196 g/mol. The molecule has 0 radical (unpaired) electrons. The summed E-state index contributed by atoms with van der Waals surface area (Å²) in [6.07, 6.45) is 3.40. The summed E-state index contributed by atoms with van der Waals surface area (Å²) in [7, 11) is 0. The summed E-state index contributed by atoms with van der Waals surface area (Å²) in [6.45, 7) is 2.78. The Morgan fingerprint density at radius 1 is 1.57 bits per heavy atom. The maximum absolute atomic E-state index is 8.77. The number of rotatable bonds is 5. The van der Waals surface area contributed by atoms with Gasteiger partial charge in [0.15, 0.2) is 5.16 Å². The van der Waals surface area contributed by atoms with Crippen LogP contribution in [-0.4, -0.2) is 28.3 Å². The minimum absolute atomic E-state index is 0.131. The van der Waals surface area contributed by atoms with Crippen LogP contribution in [0.5, 0.6) is 0 Å². The van der Waals surface area contributed by atoms with E-state index in [9.17, 15) is 0 Å². The van der Waals surface area contributed by atoms with Crippen LogP contribution in [0.25, 0.3) is 0 Å². The Morgan fingerprint density at radius 2 is 2.29 bits per heavy atom. The van der Waals surface area contributed by atoms with Crippen LogP contribution in [-0.2, 0) is 0 Å². The van der Waals surface area contributed by atoms with Gasteiger partial charge < -0.3 is 5.32 Å². The third kappa shape index (κ3) is 3.73. The Bertz CT molecular complexity index is 295. The summed E-state index contributed by atoms with van der Waals surface area (Å²) in [5.74, 6) is 0.675. The zero-order valence-electron chi connectivity index (χ0n) is 7.97. The topological polar surface area (TPSA) is 61.6 Å². The summed E-state index contributed by atoms with van der Waals surface area (Å²) >= 11 is 1.49. The summed E-state index contributed by atoms with van der Waals surface area (Å²) in [5.41, 5.74) is 0. The number of nitrogens with one attached hydrogen (secondary N) is 1. The molecule has 0 aliphatic rings. The Balaban J connectivity index is 2.37. The zero-order chi connectivity index (χ0) is 10.2. The molecule has 1 atom stereocenters. The second kappa shape index (κ2) is 6.35. The summed E-state index contributed by atoms with van der Waals surface area (Å²) in [4.78, 5) is 8.12. The minimum atomic E-state index is -0.131. The van der Waals surface area contributed by atoms with E-state index in [2.05, 4.69) is 21.4 Å². The Kier molecular flexibility index (Phi) is 4.97. The van der Waals surface area contributed by atoms with Crippen molar-refractivity contribution in [2.24, 2.45) is 0 Å². The molecule has 0 spiro atoms. The van der Waals surface area contributed by atoms with Gasteiger partial charge in [0, 0.05) is 18.1 Å². The monoisotopic (exact) mass is 208 g/mol. The quantitative estimate of drug-likeness (QED) is 0.579. The summed E-state index contributed by atoms with van der Waals surface area (Å²) in [5, 5.41) is 12.5. The Hall–Kier alpha value is -1.12. The number of hydrogen-bond donors (Lipinski definition) is 1. The van der Waals surface area contributed by atoms with E-state index in [0.717, 1.165) is 6.54 Å². The van der Waals surface area contributed by atoms with E-state index in [1.54, 1.807) is 18.5 Å². The molecule has 5 heteroatoms. The van der Waals surface area contributed by atoms with E-state index in [-0.39, 0.29) is 6.04 Å². The average Bonchev–Trinajstić information content (AvgIpc) is 2.25. The molecule has 1 unspecified atom stereocenters. The van der Waals surface area contributed by atoms with Crippen molar-refractivity contribution in [2.75, 3.05) is 12.3 Å². The Morgan fingerprint density at radius 3 is 2.86 bits per heavy atom. The van der Waals surface area contributed by atoms with Gasteiger partial charge >= 0.3 is 0 Å². The molecule has 0 bridgehead atoms. The lowest BCUT2D eigenvalue weighted by molar-refractivity contribution is 0.677. The van der Waals surface area contributed by atoms with Gasteiger partial charge in [-0.3, -0.25) is 0 Å². The fourth-order valence-electron chi connectivity index (χ4n) is 0.906. The van der Waals surface area contributed by atoms with Crippen LogP contribution in [0.1, 0.15) is 6.92 Å². The van der Waals surface area contributed by atoms with E-state index in [1.807, 2.05) is 6.92 Å². The van der Waals surface area contributed by atoms with Crippen LogP contribution in [0, 0.1) is 11.3 Å². The molecule has 14 heavy (non-hydrogen) atoms. The van der Waals surface area contributed by atoms with Gasteiger partial charge in [-0.1, -0.05) is 18.7 Å². The first-order valence-corrected chi connectivity index (χ1v) is 5.38. The van der Waals surface area contributed by atoms with Crippen LogP contribution in [0.4, 0.5) is 0 Å². The molecule has 0 saturated carbocycles. The Labute approximate surface area is 87.8 Å². The highest BCUT2D eigenvalue weighted by Crippen LogP contribution is 2.11. The molecule has 0 aromatic carbocycles. The van der Waals surface area contributed by atoms with Crippen LogP contribution < -0.4 is 5.32 Å². The second-order valence-electron chi connectivity index (χ2n) is 2.58. The molecule has 1 heterocycles. The van der Waals surface area contributed by atoms with Gasteiger partial charge in [-0.15, -0.1) is 0 Å². The lowest BCUT2D eigenvalue weighted by Crippen LogP contribution is -2.29. The summed E-state index contributed by atoms with van der Waals surface area (Å²) in [6, 6.07) is 3.83. The molecule has 0 fully saturated rings. The third-order valence-electron chi connectivity index (χ3n) is 1.53. The van der Waals surface area contributed by atoms with Crippen molar-refractivity contribution >= 4 is 11.8 Å². The van der Waals surface area contributed by atoms with Crippen molar-refractivity contribution < 1.29 is 0 Å². The lowest BCUT2D eigenvalue weighted by atomic mass is 10.4. The first kappa shape index (κ1) is 11.0. The highest BCUT2D eigenvalue weighted by molar-refractivity contribution is 7.99. The first-order chi connectivity index (χ1) is 6.86. The molecule has 0 aliphatic carbocycles. The fraction of sp³-hybridized carbons (Fsp3) is 0.444. The van der Waals surface area contributed by atoms with Crippen LogP contribution in [0.2, 0.25) is 0 Å². The van der Waals surface area contributed by atoms with Crippen molar-refractivity contribution in [1.82, 2.24) is 15.3 Å². The lowest BCUT2D eigenvalue weighted by Gasteiger charge is -2.07. The number of thioether (sulfide) groups is 1. The predicted molar refractivity (Wildman–Crippen MR) is 55.8 cm³/mol. The number of nitrogens with zero attached hydrogens (tertiary/aromatic N) is 3. The van der Waals surface area contributed by atoms with E-state index in [1.165, 1.54) is 11.8 Å². The molecular formula is C9H12N4S. The highest BCUT2D eigenvalue weighted by Gasteiger charge is 2.06. The van der Waals surface area contributed by atoms with Crippen molar-refractivity contribution in [3.05, 3.63) is 18.5 Å². The number of aromatic nitrogens is 2. The molecule has 0 saturated heterocycles. The smallest absolute Gasteiger partial charge is 0.187 e. The molecule has 1 aromatic rings. The number of nitriles is 1. The average molecular weight is 208 g/mol. The van der Waals surface area contributed by atoms with Crippen LogP contribution in [0.3, 0.4) is 0 Å². The van der Waals surface area contributed by atoms with Crippen molar-refractivity contribution in [2.45, 2.75) is 18.1 Å². The third-order valence-corrected chi connectivity index (χ3v) is 2.50. The maximum atomic E-state index is 8.77. The van der Waals surface area contributed by atoms with Crippen LogP contribution >= 0.6 is 11.8 Å². The number of hydrogen-bond acceptors (Lipinski definition) is 5. The highest BCUT2D eigenvalue weighted by atomic mass is 32.2. The molecule has 1 aromatic heterocycles. The van der Waals surface area contributed by atoms with Gasteiger partial charge in [-0.25, -0.2) is 9.97 Å². The maximum Gasteiger partial charge on any atom is 0.187 e. The van der Waals surface area contributed by atoms with E-state index < -0.39 is 0 Å². The normalized spacial score (nSPS) is 12.0. The fourth-order valence-corrected chi connectivity index (χ4v) is 1.68. The largest absolute Gasteiger partial charge is 0.302 e. The van der Waals surface area contributed by atoms with Crippen molar-refractivity contribution in [3.63, 3.8) is 0 Å². The molecule has 1 rings (SSSR count). The molecule has 0 aliphatic heterocycles. The molecule has 4 nitrogen and oxygen atoms in total. The standard InChI is InChI=1S/C9H12N4S/c1-2-11-8(6-10)7-14-9-12-4-3-5-13-9/h3-5,8,11H,2,7H2,1H3. The van der Waals surface area contributed by atoms with Crippen LogP contribution in [0.15, 0.2) is 23.6 Å². The molecule has 0 amide bonds. The second-order valence-corrected chi connectivity index (χ2v) is 3.57. The van der Waals surface area contributed by atoms with Gasteiger partial charge in [0.1, 0.15) is 6.04 Å². The first-order valence-electron chi connectivity index (χ1n) is 4.39. The summed E-state index contributed by atoms with van der Waals surface area (Å²) < 4.78 is 0. The van der Waals surface area contributed by atoms with Gasteiger partial charge in [-0.05, 0) is 12.6 Å². The predicted octanol–water partition coefficient (Wildman–Crippen LogP) is 1.07. The van der Waals surface area contributed by atoms with E-state index in [0.29, 0.717) is 10.9 Å². The van der Waals surface area contributed by atoms with Gasteiger partial charge in [0.25, 0.3) is 0 Å². The SMILES string of the molecule is CCNC(C#N)CSc1ncccn1. The van der Waals surface area contributed by atoms with Crippen molar-refractivity contribution in [1.29, 1.82) is 5.26 Å². The van der Waals surface area contributed by atoms with Crippen molar-refractivity contribution in [3.8, 4) is 6.07 Å². The van der Waals surface area contributed by atoms with Gasteiger partial charge in [0.2, 0.25) is 0 Å². The minimum Gasteiger partial charge on any atom is -0.302 e. The van der Waals surface area contributed by atoms with E-state index >= 15 is 0 Å². The van der Waals surface area contributed by atoms with Gasteiger partial charge in [-0.2, -0.15) is 5.26 Å². The van der Waals surface area contributed by atoms with E-state index in [4.69, 9.17) is 5.26 Å². The molecule has 74 valence electrons. The molecule has 1 N–H and O–H groups in total. The van der Waals surface area contributed by atoms with Gasteiger partial charge in [0.05, 0.1) is 6.07 Å².